The summed E-state index contributed by atoms with van der Waals surface area (Å²) in [4.78, 5) is 30.6. The number of halogens is 1. The minimum Gasteiger partial charge on any atom is -0.506 e. The Morgan fingerprint density at radius 2 is 1.85 bits per heavy atom. The zero-order chi connectivity index (χ0) is 29.4. The Balaban J connectivity index is 1.49. The van der Waals surface area contributed by atoms with E-state index in [0.29, 0.717) is 42.1 Å². The number of piperidine rings is 1. The van der Waals surface area contributed by atoms with Gasteiger partial charge in [0.05, 0.1) is 12.0 Å². The van der Waals surface area contributed by atoms with E-state index in [1.54, 1.807) is 41.3 Å². The topological polar surface area (TPSA) is 118 Å². The van der Waals surface area contributed by atoms with Gasteiger partial charge in [0.25, 0.3) is 0 Å². The fourth-order valence-corrected chi connectivity index (χ4v) is 5.21. The van der Waals surface area contributed by atoms with Gasteiger partial charge in [-0.2, -0.15) is 0 Å². The first kappa shape index (κ1) is 29.9. The van der Waals surface area contributed by atoms with Crippen molar-refractivity contribution in [3.63, 3.8) is 0 Å². The van der Waals surface area contributed by atoms with Crippen molar-refractivity contribution in [2.75, 3.05) is 40.5 Å². The highest BCUT2D eigenvalue weighted by atomic mass is 32.2. The van der Waals surface area contributed by atoms with Gasteiger partial charge in [0.2, 0.25) is 5.91 Å². The van der Waals surface area contributed by atoms with Crippen LogP contribution in [0.3, 0.4) is 0 Å². The molecule has 214 valence electrons. The molecule has 0 spiro atoms. The van der Waals surface area contributed by atoms with Crippen LogP contribution in [-0.4, -0.2) is 78.2 Å². The van der Waals surface area contributed by atoms with Gasteiger partial charge in [-0.3, -0.25) is 4.79 Å². The number of aliphatic hydroxyl groups is 2. The monoisotopic (exact) mass is 580 g/mol. The third-order valence-corrected chi connectivity index (χ3v) is 7.41. The number of amides is 1. The standard InChI is InChI=1S/C30H29FN2O7S/c1-38-19-25(34)33-15-13-30(37,14-16-33)12-7-17-40-23-11-6-3-8-20(23)18-24-27(35)26(29(36)39-2)28(41-24)32-22-10-5-4-9-21(22)31/h3-6,8-11,18,35,37H,13-17,19H2,1-2H3/b24-18-,32-28?. The average molecular weight is 581 g/mol. The normalized spacial score (nSPS) is 18.3. The lowest BCUT2D eigenvalue weighted by atomic mass is 9.92. The van der Waals surface area contributed by atoms with Crippen LogP contribution >= 0.6 is 11.8 Å². The number of carbonyl (C=O) groups excluding carboxylic acids is 2. The van der Waals surface area contributed by atoms with Gasteiger partial charge >= 0.3 is 5.97 Å². The molecule has 1 fully saturated rings. The Labute approximate surface area is 241 Å². The maximum atomic E-state index is 14.2. The van der Waals surface area contributed by atoms with Gasteiger partial charge in [0.15, 0.2) is 0 Å². The first-order chi connectivity index (χ1) is 19.7. The number of rotatable bonds is 7. The minimum absolute atomic E-state index is 0.00325. The maximum absolute atomic E-state index is 14.2. The molecule has 9 nitrogen and oxygen atoms in total. The number of ether oxygens (including phenoxy) is 3. The van der Waals surface area contributed by atoms with Crippen molar-refractivity contribution >= 4 is 40.4 Å². The van der Waals surface area contributed by atoms with Crippen LogP contribution in [0.2, 0.25) is 0 Å². The highest BCUT2D eigenvalue weighted by molar-refractivity contribution is 8.18. The lowest BCUT2D eigenvalue weighted by Gasteiger charge is -2.34. The molecule has 0 aromatic heterocycles. The summed E-state index contributed by atoms with van der Waals surface area (Å²) >= 11 is 0.997. The molecule has 1 amide bonds. The summed E-state index contributed by atoms with van der Waals surface area (Å²) in [5, 5.41) is 21.8. The van der Waals surface area contributed by atoms with Crippen molar-refractivity contribution in [2.24, 2.45) is 4.99 Å². The van der Waals surface area contributed by atoms with Gasteiger partial charge in [0, 0.05) is 38.6 Å². The van der Waals surface area contributed by atoms with E-state index in [9.17, 15) is 24.2 Å². The summed E-state index contributed by atoms with van der Waals surface area (Å²) in [6, 6.07) is 12.9. The van der Waals surface area contributed by atoms with Gasteiger partial charge in [-0.25, -0.2) is 14.2 Å². The van der Waals surface area contributed by atoms with Crippen molar-refractivity contribution in [3.05, 3.63) is 76.1 Å². The van der Waals surface area contributed by atoms with Crippen molar-refractivity contribution in [1.82, 2.24) is 4.90 Å². The van der Waals surface area contributed by atoms with E-state index in [1.807, 2.05) is 0 Å². The molecule has 0 radical (unpaired) electrons. The summed E-state index contributed by atoms with van der Waals surface area (Å²) in [5.74, 6) is 4.33. The molecule has 0 aliphatic carbocycles. The summed E-state index contributed by atoms with van der Waals surface area (Å²) in [7, 11) is 2.64. The van der Waals surface area contributed by atoms with E-state index >= 15 is 0 Å². The number of para-hydroxylation sites is 2. The number of likely N-dealkylation sites (tertiary alicyclic amines) is 1. The highest BCUT2D eigenvalue weighted by Gasteiger charge is 2.34. The molecule has 2 N–H and O–H groups in total. The van der Waals surface area contributed by atoms with E-state index < -0.39 is 17.4 Å². The number of methoxy groups -OCH3 is 2. The fourth-order valence-electron chi connectivity index (χ4n) is 4.20. The Hall–Kier alpha value is -4.11. The van der Waals surface area contributed by atoms with Crippen molar-refractivity contribution < 1.29 is 38.4 Å². The van der Waals surface area contributed by atoms with Crippen LogP contribution in [0.5, 0.6) is 5.75 Å². The second kappa shape index (κ2) is 13.5. The average Bonchev–Trinajstić information content (AvgIpc) is 3.27. The summed E-state index contributed by atoms with van der Waals surface area (Å²) in [6.45, 7) is 0.755. The Morgan fingerprint density at radius 1 is 1.15 bits per heavy atom. The molecule has 4 rings (SSSR count). The quantitative estimate of drug-likeness (QED) is 0.373. The Bertz CT molecular complexity index is 1470. The van der Waals surface area contributed by atoms with Crippen LogP contribution < -0.4 is 4.74 Å². The SMILES string of the molecule is COCC(=O)N1CCC(O)(C#CCOc2ccccc2/C=C2\SC(=Nc3ccccc3F)C(C(=O)OC)=C2O)CC1. The molecular formula is C30H29FN2O7S. The van der Waals surface area contributed by atoms with E-state index in [2.05, 4.69) is 16.8 Å². The maximum Gasteiger partial charge on any atom is 0.344 e. The third-order valence-electron chi connectivity index (χ3n) is 6.39. The minimum atomic E-state index is -1.22. The zero-order valence-electron chi connectivity index (χ0n) is 22.6. The Morgan fingerprint density at radius 3 is 2.56 bits per heavy atom. The van der Waals surface area contributed by atoms with Crippen LogP contribution in [0, 0.1) is 17.7 Å². The molecule has 0 unspecified atom stereocenters. The first-order valence-corrected chi connectivity index (χ1v) is 13.5. The summed E-state index contributed by atoms with van der Waals surface area (Å²) in [6.07, 6.45) is 2.26. The second-order valence-electron chi connectivity index (χ2n) is 9.17. The molecular weight excluding hydrogens is 551 g/mol. The van der Waals surface area contributed by atoms with Gasteiger partial charge in [-0.05, 0) is 24.3 Å². The predicted molar refractivity (Wildman–Crippen MR) is 153 cm³/mol. The number of hydrogen-bond acceptors (Lipinski definition) is 9. The molecule has 2 aromatic rings. The van der Waals surface area contributed by atoms with Crippen LogP contribution in [-0.2, 0) is 19.1 Å². The number of aliphatic imine (C=N–C) groups is 1. The second-order valence-corrected chi connectivity index (χ2v) is 10.2. The number of benzene rings is 2. The predicted octanol–water partition coefficient (Wildman–Crippen LogP) is 4.01. The van der Waals surface area contributed by atoms with Gasteiger partial charge in [-0.1, -0.05) is 53.9 Å². The molecule has 2 heterocycles. The van der Waals surface area contributed by atoms with Gasteiger partial charge < -0.3 is 29.3 Å². The lowest BCUT2D eigenvalue weighted by molar-refractivity contribution is -0.138. The lowest BCUT2D eigenvalue weighted by Crippen LogP contribution is -2.47. The van der Waals surface area contributed by atoms with Crippen LogP contribution in [0.25, 0.3) is 6.08 Å². The third kappa shape index (κ3) is 7.35. The molecule has 0 atom stereocenters. The Kier molecular flexibility index (Phi) is 9.83. The first-order valence-electron chi connectivity index (χ1n) is 12.7. The highest BCUT2D eigenvalue weighted by Crippen LogP contribution is 2.41. The number of hydrogen-bond donors (Lipinski definition) is 2. The molecule has 41 heavy (non-hydrogen) atoms. The smallest absolute Gasteiger partial charge is 0.344 e. The summed E-state index contributed by atoms with van der Waals surface area (Å²) < 4.78 is 29.8. The molecule has 1 saturated heterocycles. The van der Waals surface area contributed by atoms with Crippen LogP contribution in [0.1, 0.15) is 18.4 Å². The molecule has 2 aromatic carbocycles. The van der Waals surface area contributed by atoms with E-state index in [1.165, 1.54) is 32.4 Å². The fraction of sp³-hybridized carbons (Fsp3) is 0.300. The number of carbonyl (C=O) groups is 2. The van der Waals surface area contributed by atoms with Crippen molar-refractivity contribution in [2.45, 2.75) is 18.4 Å². The molecule has 2 aliphatic rings. The van der Waals surface area contributed by atoms with Crippen LogP contribution in [0.4, 0.5) is 10.1 Å². The summed E-state index contributed by atoms with van der Waals surface area (Å²) in [5.41, 5.74) is -0.783. The van der Waals surface area contributed by atoms with Crippen molar-refractivity contribution in [1.29, 1.82) is 0 Å². The van der Waals surface area contributed by atoms with Crippen molar-refractivity contribution in [3.8, 4) is 17.6 Å². The largest absolute Gasteiger partial charge is 0.506 e. The van der Waals surface area contributed by atoms with E-state index in [4.69, 9.17) is 14.2 Å². The molecule has 0 bridgehead atoms. The number of aliphatic hydroxyl groups excluding tert-OH is 1. The number of esters is 1. The van der Waals surface area contributed by atoms with Gasteiger partial charge in [0.1, 0.15) is 52.4 Å². The van der Waals surface area contributed by atoms with Gasteiger partial charge in [-0.15, -0.1) is 0 Å². The van der Waals surface area contributed by atoms with Crippen LogP contribution in [0.15, 0.2) is 69.8 Å². The van der Waals surface area contributed by atoms with E-state index in [0.717, 1.165) is 11.8 Å². The molecule has 2 aliphatic heterocycles. The number of nitrogens with zero attached hydrogens (tertiary/aromatic N) is 2. The van der Waals surface area contributed by atoms with E-state index in [-0.39, 0.29) is 41.2 Å². The molecule has 0 saturated carbocycles. The number of thioether (sulfide) groups is 1. The zero-order valence-corrected chi connectivity index (χ0v) is 23.4. The molecule has 11 heteroatoms.